The zero-order valence-electron chi connectivity index (χ0n) is 7.84. The first-order valence-electron chi connectivity index (χ1n) is 4.28. The molecule has 0 saturated carbocycles. The van der Waals surface area contributed by atoms with Gasteiger partial charge in [-0.1, -0.05) is 19.8 Å². The lowest BCUT2D eigenvalue weighted by Crippen LogP contribution is -2.24. The van der Waals surface area contributed by atoms with Crippen molar-refractivity contribution in [2.24, 2.45) is 17.6 Å². The van der Waals surface area contributed by atoms with Crippen LogP contribution in [0.3, 0.4) is 0 Å². The summed E-state index contributed by atoms with van der Waals surface area (Å²) in [6.45, 7) is 4.57. The maximum atomic E-state index is 11.3. The van der Waals surface area contributed by atoms with Crippen LogP contribution in [-0.4, -0.2) is 12.3 Å². The van der Waals surface area contributed by atoms with E-state index in [9.17, 15) is 4.79 Å². The Labute approximate surface area is 74.5 Å². The zero-order chi connectivity index (χ0) is 9.56. The Morgan fingerprint density at radius 2 is 2.17 bits per heavy atom. The standard InChI is InChI=1S/C10H17NO/c1-4-5-10(12)9(7-11)6-8(2)3/h1,8-9H,5-7,11H2,2-3H3. The first-order chi connectivity index (χ1) is 5.61. The van der Waals surface area contributed by atoms with Gasteiger partial charge in [0.1, 0.15) is 5.78 Å². The van der Waals surface area contributed by atoms with Crippen LogP contribution in [0.5, 0.6) is 0 Å². The highest BCUT2D eigenvalue weighted by atomic mass is 16.1. The van der Waals surface area contributed by atoms with Gasteiger partial charge >= 0.3 is 0 Å². The van der Waals surface area contributed by atoms with Crippen LogP contribution < -0.4 is 5.73 Å². The number of Topliss-reactive ketones (excluding diaryl/α,β-unsaturated/α-hetero) is 1. The second kappa shape index (κ2) is 5.79. The fraction of sp³-hybridized carbons (Fsp3) is 0.700. The SMILES string of the molecule is C#CCC(=O)C(CN)CC(C)C. The number of hydrogen-bond acceptors (Lipinski definition) is 2. The highest BCUT2D eigenvalue weighted by molar-refractivity contribution is 5.83. The molecule has 0 saturated heterocycles. The third-order valence-corrected chi connectivity index (χ3v) is 1.77. The van der Waals surface area contributed by atoms with E-state index in [1.54, 1.807) is 0 Å². The number of hydrogen-bond donors (Lipinski definition) is 1. The molecule has 0 amide bonds. The molecule has 0 aromatic carbocycles. The normalized spacial score (nSPS) is 12.6. The average molecular weight is 167 g/mol. The number of carbonyl (C=O) groups excluding carboxylic acids is 1. The molecule has 68 valence electrons. The first kappa shape index (κ1) is 11.2. The van der Waals surface area contributed by atoms with E-state index in [-0.39, 0.29) is 18.1 Å². The highest BCUT2D eigenvalue weighted by Gasteiger charge is 2.16. The molecule has 12 heavy (non-hydrogen) atoms. The van der Waals surface area contributed by atoms with Crippen LogP contribution in [0.2, 0.25) is 0 Å². The maximum absolute atomic E-state index is 11.3. The van der Waals surface area contributed by atoms with Crippen molar-refractivity contribution in [3.8, 4) is 12.3 Å². The van der Waals surface area contributed by atoms with Crippen molar-refractivity contribution in [2.45, 2.75) is 26.7 Å². The summed E-state index contributed by atoms with van der Waals surface area (Å²) in [6.07, 6.45) is 6.10. The fourth-order valence-electron chi connectivity index (χ4n) is 1.17. The van der Waals surface area contributed by atoms with Crippen LogP contribution in [0, 0.1) is 24.2 Å². The zero-order valence-corrected chi connectivity index (χ0v) is 7.84. The Morgan fingerprint density at radius 3 is 2.50 bits per heavy atom. The predicted octanol–water partition coefficient (Wildman–Crippen LogP) is 1.20. The van der Waals surface area contributed by atoms with Gasteiger partial charge in [0.2, 0.25) is 0 Å². The lowest BCUT2D eigenvalue weighted by molar-refractivity contribution is -0.122. The molecular weight excluding hydrogens is 150 g/mol. The molecular formula is C10H17NO. The van der Waals surface area contributed by atoms with Gasteiger partial charge in [-0.25, -0.2) is 0 Å². The number of carbonyl (C=O) groups is 1. The van der Waals surface area contributed by atoms with Gasteiger partial charge < -0.3 is 5.73 Å². The molecule has 0 heterocycles. The average Bonchev–Trinajstić information content (AvgIpc) is 2.00. The lowest BCUT2D eigenvalue weighted by Gasteiger charge is -2.13. The molecule has 1 unspecified atom stereocenters. The molecule has 0 fully saturated rings. The molecule has 0 spiro atoms. The highest BCUT2D eigenvalue weighted by Crippen LogP contribution is 2.12. The summed E-state index contributed by atoms with van der Waals surface area (Å²) >= 11 is 0. The number of terminal acetylenes is 1. The number of rotatable bonds is 5. The van der Waals surface area contributed by atoms with Gasteiger partial charge in [-0.15, -0.1) is 6.42 Å². The van der Waals surface area contributed by atoms with E-state index in [1.807, 2.05) is 0 Å². The van der Waals surface area contributed by atoms with Crippen LogP contribution in [0.4, 0.5) is 0 Å². The monoisotopic (exact) mass is 167 g/mol. The molecule has 0 aliphatic rings. The Balaban J connectivity index is 3.98. The first-order valence-corrected chi connectivity index (χ1v) is 4.28. The summed E-state index contributed by atoms with van der Waals surface area (Å²) in [4.78, 5) is 11.3. The lowest BCUT2D eigenvalue weighted by atomic mass is 9.92. The minimum Gasteiger partial charge on any atom is -0.330 e. The van der Waals surface area contributed by atoms with Crippen LogP contribution in [0.25, 0.3) is 0 Å². The Bertz CT molecular complexity index is 179. The molecule has 0 aliphatic heterocycles. The van der Waals surface area contributed by atoms with Crippen LogP contribution in [-0.2, 0) is 4.79 Å². The summed E-state index contributed by atoms with van der Waals surface area (Å²) in [5, 5.41) is 0. The Hall–Kier alpha value is -0.810. The van der Waals surface area contributed by atoms with E-state index in [4.69, 9.17) is 12.2 Å². The van der Waals surface area contributed by atoms with Gasteiger partial charge in [-0.05, 0) is 12.3 Å². The predicted molar refractivity (Wildman–Crippen MR) is 50.5 cm³/mol. The maximum Gasteiger partial charge on any atom is 0.149 e. The quantitative estimate of drug-likeness (QED) is 0.625. The van der Waals surface area contributed by atoms with E-state index in [1.165, 1.54) is 0 Å². The molecule has 0 radical (unpaired) electrons. The number of nitrogens with two attached hydrogens (primary N) is 1. The molecule has 2 heteroatoms. The van der Waals surface area contributed by atoms with Crippen LogP contribution in [0.1, 0.15) is 26.7 Å². The van der Waals surface area contributed by atoms with Gasteiger partial charge in [0.25, 0.3) is 0 Å². The van der Waals surface area contributed by atoms with Gasteiger partial charge in [-0.3, -0.25) is 4.79 Å². The van der Waals surface area contributed by atoms with E-state index >= 15 is 0 Å². The summed E-state index contributed by atoms with van der Waals surface area (Å²) in [5.41, 5.74) is 5.46. The van der Waals surface area contributed by atoms with Crippen molar-refractivity contribution in [1.29, 1.82) is 0 Å². The van der Waals surface area contributed by atoms with Crippen molar-refractivity contribution >= 4 is 5.78 Å². The topological polar surface area (TPSA) is 43.1 Å². The molecule has 0 aliphatic carbocycles. The van der Waals surface area contributed by atoms with Crippen molar-refractivity contribution in [2.75, 3.05) is 6.54 Å². The van der Waals surface area contributed by atoms with E-state index in [0.29, 0.717) is 12.5 Å². The summed E-state index contributed by atoms with van der Waals surface area (Å²) in [7, 11) is 0. The molecule has 1 atom stereocenters. The number of ketones is 1. The Morgan fingerprint density at radius 1 is 1.58 bits per heavy atom. The molecule has 0 bridgehead atoms. The van der Waals surface area contributed by atoms with Crippen molar-refractivity contribution in [3.05, 3.63) is 0 Å². The summed E-state index contributed by atoms with van der Waals surface area (Å²) < 4.78 is 0. The molecule has 2 nitrogen and oxygen atoms in total. The van der Waals surface area contributed by atoms with Crippen LogP contribution in [0.15, 0.2) is 0 Å². The summed E-state index contributed by atoms with van der Waals surface area (Å²) in [5.74, 6) is 2.92. The molecule has 2 N–H and O–H groups in total. The van der Waals surface area contributed by atoms with Gasteiger partial charge in [-0.2, -0.15) is 0 Å². The third-order valence-electron chi connectivity index (χ3n) is 1.77. The third kappa shape index (κ3) is 4.15. The molecule has 0 rings (SSSR count). The second-order valence-electron chi connectivity index (χ2n) is 3.41. The van der Waals surface area contributed by atoms with Crippen molar-refractivity contribution in [3.63, 3.8) is 0 Å². The van der Waals surface area contributed by atoms with E-state index in [2.05, 4.69) is 19.8 Å². The van der Waals surface area contributed by atoms with Crippen molar-refractivity contribution < 1.29 is 4.79 Å². The molecule has 0 aromatic heterocycles. The summed E-state index contributed by atoms with van der Waals surface area (Å²) in [6, 6.07) is 0. The Kier molecular flexibility index (Phi) is 5.40. The van der Waals surface area contributed by atoms with Gasteiger partial charge in [0.15, 0.2) is 0 Å². The smallest absolute Gasteiger partial charge is 0.149 e. The molecule has 0 aromatic rings. The largest absolute Gasteiger partial charge is 0.330 e. The fourth-order valence-corrected chi connectivity index (χ4v) is 1.17. The van der Waals surface area contributed by atoms with E-state index < -0.39 is 0 Å². The second-order valence-corrected chi connectivity index (χ2v) is 3.41. The van der Waals surface area contributed by atoms with Crippen LogP contribution >= 0.6 is 0 Å². The van der Waals surface area contributed by atoms with Gasteiger partial charge in [0, 0.05) is 12.5 Å². The van der Waals surface area contributed by atoms with Gasteiger partial charge in [0.05, 0.1) is 6.42 Å². The minimum absolute atomic E-state index is 0.0407. The van der Waals surface area contributed by atoms with E-state index in [0.717, 1.165) is 6.42 Å². The minimum atomic E-state index is -0.0407. The van der Waals surface area contributed by atoms with Crippen molar-refractivity contribution in [1.82, 2.24) is 0 Å².